The lowest BCUT2D eigenvalue weighted by molar-refractivity contribution is 0.602. The molecule has 2 rings (SSSR count). The van der Waals surface area contributed by atoms with Crippen LogP contribution in [-0.2, 0) is 0 Å². The first-order valence-corrected chi connectivity index (χ1v) is 3.51. The molecular formula is C6H3BrN2O. The highest BCUT2D eigenvalue weighted by atomic mass is 79.9. The molecule has 0 saturated carbocycles. The van der Waals surface area contributed by atoms with Crippen LogP contribution in [0.3, 0.4) is 0 Å². The van der Waals surface area contributed by atoms with E-state index in [1.807, 2.05) is 0 Å². The number of pyridine rings is 1. The molecule has 0 aliphatic heterocycles. The fourth-order valence-corrected chi connectivity index (χ4v) is 1.18. The van der Waals surface area contributed by atoms with Crippen LogP contribution in [0.4, 0.5) is 0 Å². The van der Waals surface area contributed by atoms with E-state index in [-0.39, 0.29) is 0 Å². The molecule has 0 fully saturated rings. The van der Waals surface area contributed by atoms with Crippen LogP contribution < -0.4 is 0 Å². The van der Waals surface area contributed by atoms with Gasteiger partial charge in [-0.2, -0.15) is 0 Å². The number of rotatable bonds is 0. The van der Waals surface area contributed by atoms with Gasteiger partial charge in [-0.05, 0) is 15.9 Å². The predicted molar refractivity (Wildman–Crippen MR) is 39.5 cm³/mol. The van der Waals surface area contributed by atoms with Crippen molar-refractivity contribution in [3.8, 4) is 0 Å². The van der Waals surface area contributed by atoms with Crippen LogP contribution in [0.2, 0.25) is 0 Å². The molecule has 0 bridgehead atoms. The maximum Gasteiger partial charge on any atom is 0.182 e. The van der Waals surface area contributed by atoms with E-state index in [1.54, 1.807) is 12.3 Å². The molecule has 0 aliphatic rings. The Balaban J connectivity index is 2.95. The molecule has 0 amide bonds. The SMILES string of the molecule is Brc1nccc2ocnc12. The van der Waals surface area contributed by atoms with Gasteiger partial charge < -0.3 is 4.42 Å². The van der Waals surface area contributed by atoms with E-state index in [2.05, 4.69) is 25.9 Å². The summed E-state index contributed by atoms with van der Waals surface area (Å²) in [6, 6.07) is 1.77. The summed E-state index contributed by atoms with van der Waals surface area (Å²) in [5, 5.41) is 0. The third kappa shape index (κ3) is 0.724. The average Bonchev–Trinajstić information content (AvgIpc) is 2.36. The molecule has 2 aromatic rings. The van der Waals surface area contributed by atoms with E-state index in [0.29, 0.717) is 0 Å². The van der Waals surface area contributed by atoms with Gasteiger partial charge in [-0.25, -0.2) is 9.97 Å². The minimum Gasteiger partial charge on any atom is -0.443 e. The zero-order chi connectivity index (χ0) is 6.97. The van der Waals surface area contributed by atoms with Gasteiger partial charge in [0.15, 0.2) is 12.0 Å². The van der Waals surface area contributed by atoms with Gasteiger partial charge in [-0.15, -0.1) is 0 Å². The molecule has 0 N–H and O–H groups in total. The van der Waals surface area contributed by atoms with Crippen molar-refractivity contribution < 1.29 is 4.42 Å². The Morgan fingerprint density at radius 2 is 2.30 bits per heavy atom. The van der Waals surface area contributed by atoms with Crippen molar-refractivity contribution in [2.75, 3.05) is 0 Å². The van der Waals surface area contributed by atoms with Crippen molar-refractivity contribution in [2.45, 2.75) is 0 Å². The predicted octanol–water partition coefficient (Wildman–Crippen LogP) is 1.99. The fraction of sp³-hybridized carbons (Fsp3) is 0. The second-order valence-corrected chi connectivity index (χ2v) is 2.55. The van der Waals surface area contributed by atoms with Crippen LogP contribution in [0.1, 0.15) is 0 Å². The van der Waals surface area contributed by atoms with Crippen LogP contribution in [0.15, 0.2) is 27.7 Å². The minimum absolute atomic E-state index is 0.721. The first kappa shape index (κ1) is 5.85. The topological polar surface area (TPSA) is 38.9 Å². The molecule has 2 aromatic heterocycles. The molecule has 0 spiro atoms. The fourth-order valence-electron chi connectivity index (χ4n) is 0.760. The van der Waals surface area contributed by atoms with Gasteiger partial charge in [-0.3, -0.25) is 0 Å². The van der Waals surface area contributed by atoms with Crippen molar-refractivity contribution in [3.05, 3.63) is 23.3 Å². The lowest BCUT2D eigenvalue weighted by Crippen LogP contribution is -1.74. The molecule has 0 unspecified atom stereocenters. The summed E-state index contributed by atoms with van der Waals surface area (Å²) < 4.78 is 5.74. The Morgan fingerprint density at radius 1 is 1.40 bits per heavy atom. The van der Waals surface area contributed by atoms with Crippen molar-refractivity contribution >= 4 is 27.0 Å². The third-order valence-electron chi connectivity index (χ3n) is 1.20. The summed E-state index contributed by atoms with van der Waals surface area (Å²) >= 11 is 3.24. The Bertz CT molecular complexity index is 357. The Labute approximate surface area is 65.2 Å². The number of aromatic nitrogens is 2. The first-order valence-electron chi connectivity index (χ1n) is 2.71. The zero-order valence-electron chi connectivity index (χ0n) is 4.91. The summed E-state index contributed by atoms with van der Waals surface area (Å²) in [6.45, 7) is 0. The van der Waals surface area contributed by atoms with Gasteiger partial charge in [0.2, 0.25) is 0 Å². The Kier molecular flexibility index (Phi) is 1.20. The van der Waals surface area contributed by atoms with Crippen molar-refractivity contribution in [3.63, 3.8) is 0 Å². The lowest BCUT2D eigenvalue weighted by atomic mass is 10.4. The molecule has 0 aromatic carbocycles. The molecule has 4 heteroatoms. The highest BCUT2D eigenvalue weighted by Crippen LogP contribution is 2.18. The van der Waals surface area contributed by atoms with Crippen molar-refractivity contribution in [1.29, 1.82) is 0 Å². The first-order chi connectivity index (χ1) is 4.88. The molecule has 2 heterocycles. The van der Waals surface area contributed by atoms with Gasteiger partial charge in [0.25, 0.3) is 0 Å². The standard InChI is InChI=1S/C6H3BrN2O/c7-6-5-4(1-2-8-6)10-3-9-5/h1-3H. The van der Waals surface area contributed by atoms with Gasteiger partial charge in [0.1, 0.15) is 10.1 Å². The molecule has 50 valence electrons. The summed E-state index contributed by atoms with van der Waals surface area (Å²) in [5.41, 5.74) is 1.52. The molecule has 0 saturated heterocycles. The highest BCUT2D eigenvalue weighted by molar-refractivity contribution is 9.10. The van der Waals surface area contributed by atoms with E-state index in [9.17, 15) is 0 Å². The summed E-state index contributed by atoms with van der Waals surface area (Å²) in [5.74, 6) is 0. The average molecular weight is 199 g/mol. The highest BCUT2D eigenvalue weighted by Gasteiger charge is 2.00. The monoisotopic (exact) mass is 198 g/mol. The molecule has 10 heavy (non-hydrogen) atoms. The molecular weight excluding hydrogens is 196 g/mol. The number of hydrogen-bond acceptors (Lipinski definition) is 3. The zero-order valence-corrected chi connectivity index (χ0v) is 6.50. The van der Waals surface area contributed by atoms with Crippen LogP contribution >= 0.6 is 15.9 Å². The molecule has 0 atom stereocenters. The van der Waals surface area contributed by atoms with E-state index < -0.39 is 0 Å². The second kappa shape index (κ2) is 2.05. The summed E-state index contributed by atoms with van der Waals surface area (Å²) in [7, 11) is 0. The Hall–Kier alpha value is -0.900. The lowest BCUT2D eigenvalue weighted by Gasteiger charge is -1.86. The normalized spacial score (nSPS) is 10.5. The van der Waals surface area contributed by atoms with Gasteiger partial charge in [0.05, 0.1) is 0 Å². The molecule has 0 radical (unpaired) electrons. The maximum atomic E-state index is 5.02. The number of halogens is 1. The minimum atomic E-state index is 0.721. The van der Waals surface area contributed by atoms with Gasteiger partial charge in [0, 0.05) is 12.3 Å². The molecule has 3 nitrogen and oxygen atoms in total. The number of hydrogen-bond donors (Lipinski definition) is 0. The second-order valence-electron chi connectivity index (χ2n) is 1.80. The van der Waals surface area contributed by atoms with Crippen molar-refractivity contribution in [2.24, 2.45) is 0 Å². The van der Waals surface area contributed by atoms with Crippen LogP contribution in [0.25, 0.3) is 11.1 Å². The van der Waals surface area contributed by atoms with Crippen molar-refractivity contribution in [1.82, 2.24) is 9.97 Å². The number of nitrogens with zero attached hydrogens (tertiary/aromatic N) is 2. The summed E-state index contributed by atoms with van der Waals surface area (Å²) in [4.78, 5) is 7.92. The maximum absolute atomic E-state index is 5.02. The third-order valence-corrected chi connectivity index (χ3v) is 1.78. The summed E-state index contributed by atoms with van der Waals surface area (Å²) in [6.07, 6.45) is 3.06. The van der Waals surface area contributed by atoms with Crippen LogP contribution in [0, 0.1) is 0 Å². The smallest absolute Gasteiger partial charge is 0.182 e. The quantitative estimate of drug-likeness (QED) is 0.609. The van der Waals surface area contributed by atoms with E-state index in [1.165, 1.54) is 6.39 Å². The van der Waals surface area contributed by atoms with Crippen LogP contribution in [0.5, 0.6) is 0 Å². The van der Waals surface area contributed by atoms with E-state index in [4.69, 9.17) is 4.42 Å². The van der Waals surface area contributed by atoms with Gasteiger partial charge >= 0.3 is 0 Å². The van der Waals surface area contributed by atoms with E-state index >= 15 is 0 Å². The number of oxazole rings is 1. The molecule has 0 aliphatic carbocycles. The largest absolute Gasteiger partial charge is 0.443 e. The Morgan fingerprint density at radius 3 is 3.10 bits per heavy atom. The van der Waals surface area contributed by atoms with Crippen LogP contribution in [-0.4, -0.2) is 9.97 Å². The van der Waals surface area contributed by atoms with E-state index in [0.717, 1.165) is 15.7 Å². The number of fused-ring (bicyclic) bond motifs is 1. The van der Waals surface area contributed by atoms with Gasteiger partial charge in [-0.1, -0.05) is 0 Å².